The fourth-order valence-electron chi connectivity index (χ4n) is 2.47. The molecule has 0 saturated carbocycles. The number of sulfonamides is 1. The summed E-state index contributed by atoms with van der Waals surface area (Å²) in [6.45, 7) is -0.462. The molecular formula is C19H17N3O4S. The van der Waals surface area contributed by atoms with Crippen LogP contribution < -0.4 is 10.1 Å². The Hall–Kier alpha value is -3.23. The van der Waals surface area contributed by atoms with Crippen LogP contribution in [0, 0.1) is 0 Å². The van der Waals surface area contributed by atoms with E-state index in [1.165, 1.54) is 18.3 Å². The number of carbonyl (C=O) groups is 1. The third kappa shape index (κ3) is 4.49. The fourth-order valence-corrected chi connectivity index (χ4v) is 3.47. The zero-order chi connectivity index (χ0) is 19.3. The first-order valence-electron chi connectivity index (χ1n) is 8.05. The normalized spacial score (nSPS) is 11.7. The van der Waals surface area contributed by atoms with E-state index < -0.39 is 22.5 Å². The number of phenolic OH excluding ortho intramolecular Hbond substituents is 1. The van der Waals surface area contributed by atoms with Gasteiger partial charge in [-0.1, -0.05) is 48.5 Å². The molecule has 3 aromatic rings. The Morgan fingerprint density at radius 3 is 2.48 bits per heavy atom. The molecule has 0 radical (unpaired) electrons. The number of hydrazone groups is 1. The average molecular weight is 383 g/mol. The van der Waals surface area contributed by atoms with Crippen molar-refractivity contribution in [3.8, 4) is 5.75 Å². The zero-order valence-electron chi connectivity index (χ0n) is 14.2. The predicted octanol–water partition coefficient (Wildman–Crippen LogP) is 1.97. The molecule has 7 nitrogen and oxygen atoms in total. The van der Waals surface area contributed by atoms with E-state index in [1.807, 2.05) is 24.3 Å². The van der Waals surface area contributed by atoms with Gasteiger partial charge in [-0.3, -0.25) is 4.79 Å². The second kappa shape index (κ2) is 7.98. The van der Waals surface area contributed by atoms with Crippen LogP contribution in [-0.2, 0) is 14.8 Å². The van der Waals surface area contributed by atoms with Crippen LogP contribution in [0.1, 0.15) is 5.56 Å². The highest BCUT2D eigenvalue weighted by Crippen LogP contribution is 2.25. The molecule has 0 aromatic heterocycles. The SMILES string of the molecule is O=C(CNS(=O)(=O)c1ccccc1)N/N=C\c1c(O)ccc2ccccc12. The molecule has 3 rings (SSSR count). The maximum atomic E-state index is 12.1. The van der Waals surface area contributed by atoms with Crippen molar-refractivity contribution in [1.82, 2.24) is 10.1 Å². The van der Waals surface area contributed by atoms with E-state index >= 15 is 0 Å². The van der Waals surface area contributed by atoms with Gasteiger partial charge >= 0.3 is 0 Å². The highest BCUT2D eigenvalue weighted by Gasteiger charge is 2.14. The molecule has 0 saturated heterocycles. The maximum Gasteiger partial charge on any atom is 0.255 e. The fraction of sp³-hybridized carbons (Fsp3) is 0.0526. The van der Waals surface area contributed by atoms with E-state index in [-0.39, 0.29) is 10.6 Å². The zero-order valence-corrected chi connectivity index (χ0v) is 15.0. The summed E-state index contributed by atoms with van der Waals surface area (Å²) in [5, 5.41) is 15.5. The first-order valence-corrected chi connectivity index (χ1v) is 9.53. The molecule has 1 amide bonds. The molecule has 0 aliphatic rings. The Morgan fingerprint density at radius 2 is 1.70 bits per heavy atom. The Kier molecular flexibility index (Phi) is 5.49. The quantitative estimate of drug-likeness (QED) is 0.447. The highest BCUT2D eigenvalue weighted by atomic mass is 32.2. The van der Waals surface area contributed by atoms with Crippen molar-refractivity contribution in [2.75, 3.05) is 6.54 Å². The van der Waals surface area contributed by atoms with Crippen molar-refractivity contribution in [2.45, 2.75) is 4.90 Å². The van der Waals surface area contributed by atoms with Gasteiger partial charge in [0.25, 0.3) is 5.91 Å². The lowest BCUT2D eigenvalue weighted by molar-refractivity contribution is -0.119. The largest absolute Gasteiger partial charge is 0.507 e. The summed E-state index contributed by atoms with van der Waals surface area (Å²) in [5.74, 6) is -0.609. The first-order chi connectivity index (χ1) is 13.0. The van der Waals surface area contributed by atoms with Gasteiger partial charge in [0.05, 0.1) is 17.7 Å². The van der Waals surface area contributed by atoms with Crippen molar-refractivity contribution in [1.29, 1.82) is 0 Å². The van der Waals surface area contributed by atoms with Crippen molar-refractivity contribution < 1.29 is 18.3 Å². The number of amides is 1. The Balaban J connectivity index is 1.64. The monoisotopic (exact) mass is 383 g/mol. The molecule has 0 heterocycles. The molecule has 0 spiro atoms. The minimum absolute atomic E-state index is 0.0245. The van der Waals surface area contributed by atoms with Gasteiger partial charge in [0.1, 0.15) is 5.75 Å². The molecular weight excluding hydrogens is 366 g/mol. The van der Waals surface area contributed by atoms with Crippen molar-refractivity contribution in [2.24, 2.45) is 5.10 Å². The van der Waals surface area contributed by atoms with Crippen LogP contribution in [0.3, 0.4) is 0 Å². The summed E-state index contributed by atoms with van der Waals surface area (Å²) in [5.41, 5.74) is 2.70. The molecule has 0 aliphatic heterocycles. The van der Waals surface area contributed by atoms with Gasteiger partial charge in [0.15, 0.2) is 0 Å². The highest BCUT2D eigenvalue weighted by molar-refractivity contribution is 7.89. The Morgan fingerprint density at radius 1 is 1.00 bits per heavy atom. The summed E-state index contributed by atoms with van der Waals surface area (Å²) in [4.78, 5) is 11.9. The molecule has 3 aromatic carbocycles. The summed E-state index contributed by atoms with van der Waals surface area (Å²) in [7, 11) is -3.77. The van der Waals surface area contributed by atoms with E-state index in [9.17, 15) is 18.3 Å². The molecule has 0 atom stereocenters. The van der Waals surface area contributed by atoms with Crippen LogP contribution in [0.25, 0.3) is 10.8 Å². The van der Waals surface area contributed by atoms with E-state index in [0.717, 1.165) is 10.8 Å². The summed E-state index contributed by atoms with van der Waals surface area (Å²) < 4.78 is 26.3. The number of rotatable bonds is 6. The van der Waals surface area contributed by atoms with Crippen LogP contribution in [-0.4, -0.2) is 32.2 Å². The van der Waals surface area contributed by atoms with Crippen LogP contribution >= 0.6 is 0 Å². The number of hydrogen-bond acceptors (Lipinski definition) is 5. The topological polar surface area (TPSA) is 108 Å². The van der Waals surface area contributed by atoms with E-state index in [2.05, 4.69) is 15.2 Å². The van der Waals surface area contributed by atoms with Crippen LogP contribution in [0.4, 0.5) is 0 Å². The van der Waals surface area contributed by atoms with Gasteiger partial charge < -0.3 is 5.11 Å². The number of carbonyl (C=O) groups excluding carboxylic acids is 1. The first kappa shape index (κ1) is 18.6. The second-order valence-electron chi connectivity index (χ2n) is 5.65. The molecule has 0 unspecified atom stereocenters. The van der Waals surface area contributed by atoms with E-state index in [4.69, 9.17) is 0 Å². The van der Waals surface area contributed by atoms with Gasteiger partial charge in [0.2, 0.25) is 10.0 Å². The van der Waals surface area contributed by atoms with Gasteiger partial charge in [0, 0.05) is 5.56 Å². The van der Waals surface area contributed by atoms with Crippen molar-refractivity contribution >= 4 is 32.9 Å². The minimum atomic E-state index is -3.77. The number of benzene rings is 3. The molecule has 0 bridgehead atoms. The lowest BCUT2D eigenvalue weighted by Crippen LogP contribution is -2.34. The number of nitrogens with one attached hydrogen (secondary N) is 2. The number of fused-ring (bicyclic) bond motifs is 1. The van der Waals surface area contributed by atoms with Gasteiger partial charge in [-0.05, 0) is 29.0 Å². The van der Waals surface area contributed by atoms with Gasteiger partial charge in [-0.2, -0.15) is 5.10 Å². The molecule has 0 fully saturated rings. The van der Waals surface area contributed by atoms with E-state index in [1.54, 1.807) is 30.3 Å². The Labute approximate surface area is 156 Å². The molecule has 27 heavy (non-hydrogen) atoms. The van der Waals surface area contributed by atoms with Gasteiger partial charge in [-0.25, -0.2) is 18.6 Å². The lowest BCUT2D eigenvalue weighted by Gasteiger charge is -2.06. The lowest BCUT2D eigenvalue weighted by atomic mass is 10.0. The number of phenols is 1. The van der Waals surface area contributed by atoms with Crippen molar-refractivity contribution in [3.63, 3.8) is 0 Å². The number of nitrogens with zero attached hydrogens (tertiary/aromatic N) is 1. The molecule has 0 aliphatic carbocycles. The molecule has 138 valence electrons. The van der Waals surface area contributed by atoms with Crippen molar-refractivity contribution in [3.05, 3.63) is 72.3 Å². The minimum Gasteiger partial charge on any atom is -0.507 e. The average Bonchev–Trinajstić information content (AvgIpc) is 2.69. The maximum absolute atomic E-state index is 12.1. The summed E-state index contributed by atoms with van der Waals surface area (Å²) in [6.07, 6.45) is 1.32. The third-order valence-corrected chi connectivity index (χ3v) is 5.22. The van der Waals surface area contributed by atoms with Crippen LogP contribution in [0.5, 0.6) is 5.75 Å². The van der Waals surface area contributed by atoms with E-state index in [0.29, 0.717) is 5.56 Å². The summed E-state index contributed by atoms with van der Waals surface area (Å²) >= 11 is 0. The summed E-state index contributed by atoms with van der Waals surface area (Å²) in [6, 6.07) is 18.5. The second-order valence-corrected chi connectivity index (χ2v) is 7.42. The number of aromatic hydroxyl groups is 1. The smallest absolute Gasteiger partial charge is 0.255 e. The third-order valence-electron chi connectivity index (χ3n) is 3.81. The predicted molar refractivity (Wildman–Crippen MR) is 103 cm³/mol. The van der Waals surface area contributed by atoms with Crippen LogP contribution in [0.2, 0.25) is 0 Å². The van der Waals surface area contributed by atoms with Crippen LogP contribution in [0.15, 0.2) is 76.7 Å². The number of hydrogen-bond donors (Lipinski definition) is 3. The molecule has 8 heteroatoms. The molecule has 3 N–H and O–H groups in total. The van der Waals surface area contributed by atoms with Gasteiger partial charge in [-0.15, -0.1) is 0 Å². The Bertz CT molecular complexity index is 1100. The standard InChI is InChI=1S/C19H17N3O4S/c23-18-11-10-14-6-4-5-9-16(14)17(18)12-20-22-19(24)13-21-27(25,26)15-7-2-1-3-8-15/h1-12,21,23H,13H2,(H,22,24)/b20-12-.